The molecule has 1 aliphatic carbocycles. The second kappa shape index (κ2) is 4.93. The van der Waals surface area contributed by atoms with Crippen molar-refractivity contribution in [3.8, 4) is 11.1 Å². The minimum absolute atomic E-state index is 0.892. The Kier molecular flexibility index (Phi) is 2.51. The molecule has 0 saturated carbocycles. The van der Waals surface area contributed by atoms with Gasteiger partial charge in [-0.2, -0.15) is 0 Å². The number of hydrogen-bond donors (Lipinski definition) is 0. The Bertz CT molecular complexity index is 1590. The molecule has 6 aromatic rings. The first-order valence-corrected chi connectivity index (χ1v) is 9.42. The Morgan fingerprint density at radius 3 is 2.75 bits per heavy atom. The van der Waals surface area contributed by atoms with Crippen LogP contribution in [-0.4, -0.2) is 19.4 Å². The third-order valence-electron chi connectivity index (χ3n) is 5.92. The summed E-state index contributed by atoms with van der Waals surface area (Å²) in [6.07, 6.45) is 6.58. The molecule has 0 amide bonds. The second-order valence-electron chi connectivity index (χ2n) is 7.40. The maximum absolute atomic E-state index is 5.01. The molecule has 1 aliphatic rings. The van der Waals surface area contributed by atoms with Crippen molar-refractivity contribution in [3.05, 3.63) is 84.3 Å². The first kappa shape index (κ1) is 14.3. The molecule has 0 radical (unpaired) electrons. The summed E-state index contributed by atoms with van der Waals surface area (Å²) in [6.45, 7) is 0. The van der Waals surface area contributed by atoms with Crippen LogP contribution in [0.4, 0.5) is 0 Å². The van der Waals surface area contributed by atoms with Crippen molar-refractivity contribution in [2.45, 2.75) is 6.42 Å². The first-order chi connectivity index (χ1) is 13.9. The Hall–Kier alpha value is -3.79. The predicted molar refractivity (Wildman–Crippen MR) is 112 cm³/mol. The summed E-state index contributed by atoms with van der Waals surface area (Å²) in [4.78, 5) is 14.1. The number of nitrogens with zero attached hydrogens (tertiary/aromatic N) is 4. The minimum atomic E-state index is 0.892. The average Bonchev–Trinajstić information content (AvgIpc) is 3.30. The molecule has 2 aromatic carbocycles. The van der Waals surface area contributed by atoms with Crippen LogP contribution in [0.5, 0.6) is 0 Å². The quantitative estimate of drug-likeness (QED) is 0.352. The molecule has 0 unspecified atom stereocenters. The molecular formula is C24H14N4. The SMILES string of the molecule is c1ccc2c(c1)Cc1cc3nc4c5ncccc5c5ccncc5n4c3cc1-2. The van der Waals surface area contributed by atoms with Crippen molar-refractivity contribution >= 4 is 38.5 Å². The summed E-state index contributed by atoms with van der Waals surface area (Å²) >= 11 is 0. The Balaban J connectivity index is 1.72. The highest BCUT2D eigenvalue weighted by molar-refractivity contribution is 6.12. The molecule has 28 heavy (non-hydrogen) atoms. The normalized spacial score (nSPS) is 12.9. The monoisotopic (exact) mass is 358 g/mol. The molecule has 7 rings (SSSR count). The minimum Gasteiger partial charge on any atom is -0.289 e. The van der Waals surface area contributed by atoms with Gasteiger partial charge in [-0.15, -0.1) is 0 Å². The number of aromatic nitrogens is 4. The van der Waals surface area contributed by atoms with E-state index in [0.717, 1.165) is 44.9 Å². The van der Waals surface area contributed by atoms with Crippen molar-refractivity contribution < 1.29 is 0 Å². The summed E-state index contributed by atoms with van der Waals surface area (Å²) in [5, 5.41) is 2.26. The fourth-order valence-corrected chi connectivity index (χ4v) is 4.70. The van der Waals surface area contributed by atoms with Crippen molar-refractivity contribution in [1.29, 1.82) is 0 Å². The molecule has 4 aromatic heterocycles. The van der Waals surface area contributed by atoms with Gasteiger partial charge in [0.15, 0.2) is 5.65 Å². The van der Waals surface area contributed by atoms with E-state index in [1.165, 1.54) is 22.3 Å². The molecule has 0 aliphatic heterocycles. The van der Waals surface area contributed by atoms with Crippen LogP contribution in [0.3, 0.4) is 0 Å². The van der Waals surface area contributed by atoms with Crippen LogP contribution in [0.15, 0.2) is 73.2 Å². The molecule has 0 bridgehead atoms. The molecule has 0 N–H and O–H groups in total. The van der Waals surface area contributed by atoms with E-state index in [-0.39, 0.29) is 0 Å². The van der Waals surface area contributed by atoms with E-state index in [9.17, 15) is 0 Å². The number of hydrogen-bond acceptors (Lipinski definition) is 3. The lowest BCUT2D eigenvalue weighted by molar-refractivity contribution is 1.25. The lowest BCUT2D eigenvalue weighted by atomic mass is 10.1. The molecular weight excluding hydrogens is 344 g/mol. The van der Waals surface area contributed by atoms with E-state index in [0.29, 0.717) is 0 Å². The van der Waals surface area contributed by atoms with E-state index < -0.39 is 0 Å². The van der Waals surface area contributed by atoms with Crippen LogP contribution in [0, 0.1) is 0 Å². The number of imidazole rings is 1. The van der Waals surface area contributed by atoms with Gasteiger partial charge in [-0.25, -0.2) is 4.98 Å². The highest BCUT2D eigenvalue weighted by Crippen LogP contribution is 2.40. The third-order valence-corrected chi connectivity index (χ3v) is 5.92. The predicted octanol–water partition coefficient (Wildman–Crippen LogP) is 5.16. The van der Waals surface area contributed by atoms with Gasteiger partial charge < -0.3 is 0 Å². The number of benzene rings is 2. The second-order valence-corrected chi connectivity index (χ2v) is 7.40. The topological polar surface area (TPSA) is 43.1 Å². The largest absolute Gasteiger partial charge is 0.289 e. The lowest BCUT2D eigenvalue weighted by Gasteiger charge is -2.08. The molecule has 0 fully saturated rings. The van der Waals surface area contributed by atoms with Crippen molar-refractivity contribution in [3.63, 3.8) is 0 Å². The van der Waals surface area contributed by atoms with Gasteiger partial charge in [0.2, 0.25) is 0 Å². The van der Waals surface area contributed by atoms with Gasteiger partial charge in [-0.3, -0.25) is 14.4 Å². The smallest absolute Gasteiger partial charge is 0.165 e. The van der Waals surface area contributed by atoms with Crippen LogP contribution in [-0.2, 0) is 6.42 Å². The van der Waals surface area contributed by atoms with Gasteiger partial charge in [0.05, 0.1) is 22.7 Å². The molecule has 4 nitrogen and oxygen atoms in total. The maximum atomic E-state index is 5.01. The van der Waals surface area contributed by atoms with Crippen LogP contribution in [0.25, 0.3) is 49.6 Å². The fraction of sp³-hybridized carbons (Fsp3) is 0.0417. The van der Waals surface area contributed by atoms with E-state index in [2.05, 4.69) is 62.9 Å². The molecule has 0 atom stereocenters. The van der Waals surface area contributed by atoms with Gasteiger partial charge >= 0.3 is 0 Å². The van der Waals surface area contributed by atoms with Gasteiger partial charge in [0.1, 0.15) is 5.52 Å². The third kappa shape index (κ3) is 1.68. The van der Waals surface area contributed by atoms with E-state index in [1.54, 1.807) is 0 Å². The van der Waals surface area contributed by atoms with E-state index in [4.69, 9.17) is 4.98 Å². The molecule has 130 valence electrons. The summed E-state index contributed by atoms with van der Waals surface area (Å²) in [5.74, 6) is 0. The van der Waals surface area contributed by atoms with Gasteiger partial charge in [0.25, 0.3) is 0 Å². The highest BCUT2D eigenvalue weighted by atomic mass is 15.0. The molecule has 0 spiro atoms. The zero-order chi connectivity index (χ0) is 18.2. The van der Waals surface area contributed by atoms with E-state index in [1.807, 2.05) is 24.7 Å². The average molecular weight is 358 g/mol. The van der Waals surface area contributed by atoms with Crippen LogP contribution >= 0.6 is 0 Å². The Morgan fingerprint density at radius 2 is 1.75 bits per heavy atom. The van der Waals surface area contributed by atoms with Crippen molar-refractivity contribution in [1.82, 2.24) is 19.4 Å². The van der Waals surface area contributed by atoms with Crippen molar-refractivity contribution in [2.24, 2.45) is 0 Å². The van der Waals surface area contributed by atoms with Crippen LogP contribution in [0.1, 0.15) is 11.1 Å². The Labute approximate surface area is 160 Å². The molecule has 0 saturated heterocycles. The van der Waals surface area contributed by atoms with Crippen LogP contribution in [0.2, 0.25) is 0 Å². The molecule has 4 heterocycles. The summed E-state index contributed by atoms with van der Waals surface area (Å²) < 4.78 is 2.22. The van der Waals surface area contributed by atoms with Crippen LogP contribution < -0.4 is 0 Å². The summed E-state index contributed by atoms with van der Waals surface area (Å²) in [6, 6.07) is 19.3. The number of pyridine rings is 3. The number of rotatable bonds is 0. The van der Waals surface area contributed by atoms with Crippen molar-refractivity contribution in [2.75, 3.05) is 0 Å². The number of fused-ring (bicyclic) bond motifs is 11. The molecule has 4 heteroatoms. The zero-order valence-corrected chi connectivity index (χ0v) is 14.9. The highest BCUT2D eigenvalue weighted by Gasteiger charge is 2.21. The van der Waals surface area contributed by atoms with Gasteiger partial charge in [-0.05, 0) is 52.9 Å². The standard InChI is InChI=1S/C24H14N4/c1-2-5-16-14(4-1)10-15-11-20-21(12-19(15)16)28-22-13-25-9-7-17(22)18-6-3-8-26-23(18)24(28)27-20/h1-9,11-13H,10H2. The summed E-state index contributed by atoms with van der Waals surface area (Å²) in [7, 11) is 0. The zero-order valence-electron chi connectivity index (χ0n) is 14.9. The Morgan fingerprint density at radius 1 is 0.786 bits per heavy atom. The van der Waals surface area contributed by atoms with Gasteiger partial charge in [-0.1, -0.05) is 30.3 Å². The fourth-order valence-electron chi connectivity index (χ4n) is 4.70. The van der Waals surface area contributed by atoms with E-state index >= 15 is 0 Å². The summed E-state index contributed by atoms with van der Waals surface area (Å²) in [5.41, 5.74) is 10.4. The maximum Gasteiger partial charge on any atom is 0.165 e. The van der Waals surface area contributed by atoms with Gasteiger partial charge in [0, 0.05) is 23.2 Å². The first-order valence-electron chi connectivity index (χ1n) is 9.42. The lowest BCUT2D eigenvalue weighted by Crippen LogP contribution is -1.93.